The highest BCUT2D eigenvalue weighted by atomic mass is 16.2. The quantitative estimate of drug-likeness (QED) is 0.410. The number of aryl methyl sites for hydroxylation is 1. The Morgan fingerprint density at radius 1 is 0.972 bits per heavy atom. The van der Waals surface area contributed by atoms with Gasteiger partial charge in [-0.1, -0.05) is 42.0 Å². The molecule has 1 fully saturated rings. The second kappa shape index (κ2) is 9.63. The fourth-order valence-electron chi connectivity index (χ4n) is 4.98. The van der Waals surface area contributed by atoms with Crippen molar-refractivity contribution in [2.75, 3.05) is 31.3 Å². The summed E-state index contributed by atoms with van der Waals surface area (Å²) < 4.78 is 0. The zero-order chi connectivity index (χ0) is 25.3. The van der Waals surface area contributed by atoms with Gasteiger partial charge in [0.15, 0.2) is 0 Å². The van der Waals surface area contributed by atoms with Crippen molar-refractivity contribution < 1.29 is 9.59 Å². The molecule has 1 heterocycles. The smallest absolute Gasteiger partial charge is 0.258 e. The van der Waals surface area contributed by atoms with Gasteiger partial charge in [0.05, 0.1) is 11.3 Å². The normalized spacial score (nSPS) is 17.2. The molecule has 5 rings (SSSR count). The molecule has 3 aromatic carbocycles. The fourth-order valence-corrected chi connectivity index (χ4v) is 4.98. The monoisotopic (exact) mass is 480 g/mol. The predicted octanol–water partition coefficient (Wildman–Crippen LogP) is 5.14. The van der Waals surface area contributed by atoms with Crippen LogP contribution >= 0.6 is 0 Å². The number of hydrogen-bond donors (Lipinski definition) is 3. The Morgan fingerprint density at radius 3 is 2.33 bits per heavy atom. The van der Waals surface area contributed by atoms with Crippen molar-refractivity contribution in [2.24, 2.45) is 0 Å². The van der Waals surface area contributed by atoms with Crippen LogP contribution in [-0.4, -0.2) is 42.9 Å². The van der Waals surface area contributed by atoms with Crippen LogP contribution in [0, 0.1) is 6.92 Å². The maximum Gasteiger partial charge on any atom is 0.258 e. The van der Waals surface area contributed by atoms with Crippen molar-refractivity contribution in [1.82, 2.24) is 10.2 Å². The molecule has 1 saturated carbocycles. The Balaban J connectivity index is 1.40. The van der Waals surface area contributed by atoms with Gasteiger partial charge in [0.2, 0.25) is 0 Å². The van der Waals surface area contributed by atoms with Crippen LogP contribution in [0.25, 0.3) is 11.3 Å². The molecule has 0 atom stereocenters. The number of anilines is 2. The fraction of sp³-hybridized carbons (Fsp3) is 0.267. The molecule has 36 heavy (non-hydrogen) atoms. The Bertz CT molecular complexity index is 1320. The van der Waals surface area contributed by atoms with E-state index < -0.39 is 0 Å². The summed E-state index contributed by atoms with van der Waals surface area (Å²) in [7, 11) is 4.16. The number of nitrogens with zero attached hydrogens (tertiary/aromatic N) is 1. The molecule has 0 spiro atoms. The van der Waals surface area contributed by atoms with Crippen molar-refractivity contribution in [3.05, 3.63) is 95.1 Å². The van der Waals surface area contributed by atoms with E-state index in [0.29, 0.717) is 17.7 Å². The van der Waals surface area contributed by atoms with Gasteiger partial charge in [0.1, 0.15) is 0 Å². The summed E-state index contributed by atoms with van der Waals surface area (Å²) in [5, 5.41) is 9.56. The van der Waals surface area contributed by atoms with Crippen molar-refractivity contribution in [3.8, 4) is 0 Å². The second-order valence-corrected chi connectivity index (χ2v) is 9.98. The first-order valence-electron chi connectivity index (χ1n) is 12.4. The average molecular weight is 481 g/mol. The lowest BCUT2D eigenvalue weighted by Gasteiger charge is -2.47. The molecule has 3 aromatic rings. The van der Waals surface area contributed by atoms with Gasteiger partial charge in [-0.05, 0) is 82.2 Å². The minimum Gasteiger partial charge on any atom is -0.354 e. The van der Waals surface area contributed by atoms with Gasteiger partial charge < -0.3 is 20.9 Å². The van der Waals surface area contributed by atoms with Crippen LogP contribution in [0.2, 0.25) is 0 Å². The van der Waals surface area contributed by atoms with Crippen molar-refractivity contribution in [1.29, 1.82) is 0 Å². The number of likely N-dealkylation sites (N-methyl/N-ethyl adjacent to an activating group) is 1. The maximum atomic E-state index is 13.1. The van der Waals surface area contributed by atoms with E-state index in [9.17, 15) is 9.59 Å². The first-order chi connectivity index (χ1) is 17.4. The van der Waals surface area contributed by atoms with Crippen LogP contribution in [0.15, 0.2) is 72.8 Å². The molecule has 2 amide bonds. The number of hydrogen-bond acceptors (Lipinski definition) is 4. The zero-order valence-corrected chi connectivity index (χ0v) is 21.0. The molecule has 0 aromatic heterocycles. The zero-order valence-electron chi connectivity index (χ0n) is 21.0. The van der Waals surface area contributed by atoms with Crippen LogP contribution in [-0.2, 0) is 4.79 Å². The maximum absolute atomic E-state index is 13.1. The summed E-state index contributed by atoms with van der Waals surface area (Å²) in [6.45, 7) is 2.67. The largest absolute Gasteiger partial charge is 0.354 e. The van der Waals surface area contributed by atoms with E-state index in [2.05, 4.69) is 34.9 Å². The highest BCUT2D eigenvalue weighted by Gasteiger charge is 2.39. The van der Waals surface area contributed by atoms with E-state index in [4.69, 9.17) is 0 Å². The average Bonchev–Trinajstić information content (AvgIpc) is 3.17. The number of carbonyl (C=O) groups excluding carboxylic acids is 2. The highest BCUT2D eigenvalue weighted by Crippen LogP contribution is 2.38. The highest BCUT2D eigenvalue weighted by molar-refractivity contribution is 6.37. The Hall–Kier alpha value is -3.90. The number of benzene rings is 3. The van der Waals surface area contributed by atoms with E-state index in [-0.39, 0.29) is 17.4 Å². The molecule has 3 N–H and O–H groups in total. The van der Waals surface area contributed by atoms with Crippen LogP contribution in [0.1, 0.15) is 46.3 Å². The number of fused-ring (bicyclic) bond motifs is 1. The minimum atomic E-state index is -0.135. The van der Waals surface area contributed by atoms with Gasteiger partial charge in [0.25, 0.3) is 11.8 Å². The number of nitrogens with one attached hydrogen (secondary N) is 3. The SMILES string of the molecule is Cc1ccc2c(c1)C(=C(Nc1ccc(C(=O)NCC3(N(C)C)CCC3)cc1)c1ccccc1)C(=O)N2. The first-order valence-corrected chi connectivity index (χ1v) is 12.4. The summed E-state index contributed by atoms with van der Waals surface area (Å²) in [6.07, 6.45) is 3.42. The standard InChI is InChI=1S/C30H32N4O2/c1-20-10-15-25-24(18-20)26(29(36)33-25)27(21-8-5-4-6-9-21)32-23-13-11-22(12-14-23)28(35)31-19-30(34(2)3)16-7-17-30/h4-6,8-15,18,32H,7,16-17,19H2,1-3H3,(H,31,35)(H,33,36). The molecule has 0 bridgehead atoms. The van der Waals surface area contributed by atoms with Crippen molar-refractivity contribution in [3.63, 3.8) is 0 Å². The van der Waals surface area contributed by atoms with E-state index in [0.717, 1.165) is 46.6 Å². The Morgan fingerprint density at radius 2 is 1.69 bits per heavy atom. The van der Waals surface area contributed by atoms with Crippen LogP contribution in [0.3, 0.4) is 0 Å². The molecule has 1 aliphatic carbocycles. The van der Waals surface area contributed by atoms with E-state index in [1.165, 1.54) is 6.42 Å². The third-order valence-corrected chi connectivity index (χ3v) is 7.46. The van der Waals surface area contributed by atoms with Gasteiger partial charge in [-0.2, -0.15) is 0 Å². The lowest BCUT2D eigenvalue weighted by molar-refractivity contribution is -0.110. The lowest BCUT2D eigenvalue weighted by atomic mass is 9.75. The molecule has 6 heteroatoms. The number of carbonyl (C=O) groups is 2. The topological polar surface area (TPSA) is 73.5 Å². The van der Waals surface area contributed by atoms with Crippen molar-refractivity contribution in [2.45, 2.75) is 31.7 Å². The minimum absolute atomic E-state index is 0.0733. The van der Waals surface area contributed by atoms with E-state index >= 15 is 0 Å². The second-order valence-electron chi connectivity index (χ2n) is 9.98. The predicted molar refractivity (Wildman–Crippen MR) is 146 cm³/mol. The summed E-state index contributed by atoms with van der Waals surface area (Å²) >= 11 is 0. The van der Waals surface area contributed by atoms with Crippen LogP contribution in [0.4, 0.5) is 11.4 Å². The van der Waals surface area contributed by atoms with Gasteiger partial charge >= 0.3 is 0 Å². The Kier molecular flexibility index (Phi) is 6.37. The summed E-state index contributed by atoms with van der Waals surface area (Å²) in [4.78, 5) is 28.1. The summed E-state index contributed by atoms with van der Waals surface area (Å²) in [6, 6.07) is 23.2. The molecule has 184 valence electrons. The molecule has 6 nitrogen and oxygen atoms in total. The third-order valence-electron chi connectivity index (χ3n) is 7.46. The molecule has 0 unspecified atom stereocenters. The summed E-state index contributed by atoms with van der Waals surface area (Å²) in [5.74, 6) is -0.209. The molecule has 0 saturated heterocycles. The number of amides is 2. The Labute approximate surface area is 212 Å². The van der Waals surface area contributed by atoms with Crippen LogP contribution < -0.4 is 16.0 Å². The molecule has 2 aliphatic rings. The molecule has 0 radical (unpaired) electrons. The molecular weight excluding hydrogens is 448 g/mol. The van der Waals surface area contributed by atoms with Crippen molar-refractivity contribution >= 4 is 34.5 Å². The molecule has 1 aliphatic heterocycles. The van der Waals surface area contributed by atoms with Gasteiger partial charge in [-0.3, -0.25) is 9.59 Å². The van der Waals surface area contributed by atoms with Crippen LogP contribution in [0.5, 0.6) is 0 Å². The van der Waals surface area contributed by atoms with Gasteiger partial charge in [-0.15, -0.1) is 0 Å². The summed E-state index contributed by atoms with van der Waals surface area (Å²) in [5.41, 5.74) is 6.51. The lowest BCUT2D eigenvalue weighted by Crippen LogP contribution is -2.57. The van der Waals surface area contributed by atoms with Gasteiger partial charge in [0, 0.05) is 34.6 Å². The third kappa shape index (κ3) is 4.52. The first kappa shape index (κ1) is 23.8. The number of rotatable bonds is 7. The van der Waals surface area contributed by atoms with E-state index in [1.807, 2.05) is 79.7 Å². The molecular formula is C30H32N4O2. The van der Waals surface area contributed by atoms with Gasteiger partial charge in [-0.25, -0.2) is 0 Å². The van der Waals surface area contributed by atoms with E-state index in [1.54, 1.807) is 0 Å².